The van der Waals surface area contributed by atoms with Gasteiger partial charge in [-0.05, 0) is 17.7 Å². The molecule has 0 spiro atoms. The first kappa shape index (κ1) is 14.8. The molecule has 0 aliphatic rings. The lowest BCUT2D eigenvalue weighted by Gasteiger charge is -2.22. The first-order valence-corrected chi connectivity index (χ1v) is 4.97. The molecule has 1 aromatic carbocycles. The van der Waals surface area contributed by atoms with Crippen LogP contribution in [0.15, 0.2) is 30.5 Å². The smallest absolute Gasteiger partial charge is 0.382 e. The summed E-state index contributed by atoms with van der Waals surface area (Å²) in [5, 5.41) is 9.73. The number of hydrogen-bond donors (Lipinski definition) is 3. The van der Waals surface area contributed by atoms with E-state index in [2.05, 4.69) is 4.98 Å². The van der Waals surface area contributed by atoms with Crippen molar-refractivity contribution in [3.8, 4) is 0 Å². The molecule has 0 saturated carbocycles. The molecule has 0 amide bonds. The molecule has 7 heteroatoms. The van der Waals surface area contributed by atoms with Gasteiger partial charge in [-0.25, -0.2) is 0 Å². The summed E-state index contributed by atoms with van der Waals surface area (Å²) in [6.07, 6.45) is -5.68. The topological polar surface area (TPSA) is 62.0 Å². The summed E-state index contributed by atoms with van der Waals surface area (Å²) in [7, 11) is 0. The number of aliphatic hydroxyl groups excluding tert-OH is 1. The normalized spacial score (nSPS) is 15.2. The lowest BCUT2D eigenvalue weighted by Crippen LogP contribution is -2.38. The maximum atomic E-state index is 12.4. The standard InChI is InChI=1S/C11H11F3N2O.ClH/c12-11(13,14)10(17)9(15)7-2-1-3-8-6(7)4-5-16-8;/h1-5,9-10,16-17H,15H2;1H/t9-,10-;/m1./s1. The van der Waals surface area contributed by atoms with Gasteiger partial charge in [0, 0.05) is 17.1 Å². The molecule has 2 atom stereocenters. The predicted octanol–water partition coefficient (Wildman–Crippen LogP) is 2.51. The fourth-order valence-corrected chi connectivity index (χ4v) is 1.77. The van der Waals surface area contributed by atoms with E-state index in [1.807, 2.05) is 0 Å². The van der Waals surface area contributed by atoms with Crippen LogP contribution in [0.5, 0.6) is 0 Å². The fraction of sp³-hybridized carbons (Fsp3) is 0.273. The van der Waals surface area contributed by atoms with Gasteiger partial charge >= 0.3 is 6.18 Å². The van der Waals surface area contributed by atoms with E-state index in [9.17, 15) is 13.2 Å². The first-order chi connectivity index (χ1) is 7.91. The molecule has 2 rings (SSSR count). The van der Waals surface area contributed by atoms with Crippen LogP contribution in [0.25, 0.3) is 10.9 Å². The van der Waals surface area contributed by atoms with E-state index in [4.69, 9.17) is 10.8 Å². The molecule has 0 fully saturated rings. The van der Waals surface area contributed by atoms with Gasteiger partial charge in [0.2, 0.25) is 0 Å². The Morgan fingerprint density at radius 2 is 1.89 bits per heavy atom. The van der Waals surface area contributed by atoms with Crippen molar-refractivity contribution in [2.45, 2.75) is 18.3 Å². The molecule has 0 bridgehead atoms. The summed E-state index contributed by atoms with van der Waals surface area (Å²) >= 11 is 0. The van der Waals surface area contributed by atoms with Crippen LogP contribution in [0.2, 0.25) is 0 Å². The Kier molecular flexibility index (Phi) is 4.26. The Hall–Kier alpha value is -1.24. The van der Waals surface area contributed by atoms with Gasteiger partial charge in [-0.15, -0.1) is 12.4 Å². The molecule has 100 valence electrons. The number of aromatic amines is 1. The molecule has 18 heavy (non-hydrogen) atoms. The van der Waals surface area contributed by atoms with Crippen molar-refractivity contribution < 1.29 is 18.3 Å². The van der Waals surface area contributed by atoms with Gasteiger partial charge in [-0.1, -0.05) is 12.1 Å². The predicted molar refractivity (Wildman–Crippen MR) is 64.5 cm³/mol. The molecular formula is C11H12ClF3N2O. The summed E-state index contributed by atoms with van der Waals surface area (Å²) in [6.45, 7) is 0. The number of alkyl halides is 3. The van der Waals surface area contributed by atoms with Gasteiger partial charge in [-0.3, -0.25) is 0 Å². The van der Waals surface area contributed by atoms with E-state index < -0.39 is 18.3 Å². The highest BCUT2D eigenvalue weighted by molar-refractivity contribution is 5.85. The molecule has 1 heterocycles. The Morgan fingerprint density at radius 3 is 2.50 bits per heavy atom. The zero-order valence-electron chi connectivity index (χ0n) is 9.11. The Morgan fingerprint density at radius 1 is 1.22 bits per heavy atom. The Labute approximate surface area is 107 Å². The lowest BCUT2D eigenvalue weighted by molar-refractivity contribution is -0.210. The minimum Gasteiger partial charge on any atom is -0.382 e. The van der Waals surface area contributed by atoms with Crippen LogP contribution in [0.1, 0.15) is 11.6 Å². The van der Waals surface area contributed by atoms with Gasteiger partial charge in [0.25, 0.3) is 0 Å². The third kappa shape index (κ3) is 2.60. The number of H-pyrrole nitrogens is 1. The van der Waals surface area contributed by atoms with E-state index in [1.54, 1.807) is 24.4 Å². The zero-order chi connectivity index (χ0) is 12.6. The van der Waals surface area contributed by atoms with Crippen molar-refractivity contribution in [1.82, 2.24) is 4.98 Å². The SMILES string of the molecule is Cl.N[C@H](c1cccc2[nH]ccc12)[C@@H](O)C(F)(F)F. The highest BCUT2D eigenvalue weighted by Crippen LogP contribution is 2.31. The molecule has 0 aliphatic heterocycles. The summed E-state index contributed by atoms with van der Waals surface area (Å²) in [4.78, 5) is 2.87. The molecule has 0 aliphatic carbocycles. The molecule has 1 aromatic heterocycles. The minimum absolute atomic E-state index is 0. The number of nitrogens with one attached hydrogen (secondary N) is 1. The molecular weight excluding hydrogens is 269 g/mol. The van der Waals surface area contributed by atoms with Crippen LogP contribution >= 0.6 is 12.4 Å². The number of nitrogens with two attached hydrogens (primary N) is 1. The van der Waals surface area contributed by atoms with E-state index >= 15 is 0 Å². The number of fused-ring (bicyclic) bond motifs is 1. The first-order valence-electron chi connectivity index (χ1n) is 4.97. The number of hydrogen-bond acceptors (Lipinski definition) is 2. The monoisotopic (exact) mass is 280 g/mol. The quantitative estimate of drug-likeness (QED) is 0.791. The maximum absolute atomic E-state index is 12.4. The highest BCUT2D eigenvalue weighted by atomic mass is 35.5. The van der Waals surface area contributed by atoms with Crippen LogP contribution in [0, 0.1) is 0 Å². The van der Waals surface area contributed by atoms with Gasteiger partial charge in [-0.2, -0.15) is 13.2 Å². The lowest BCUT2D eigenvalue weighted by atomic mass is 9.98. The van der Waals surface area contributed by atoms with Crippen molar-refractivity contribution >= 4 is 23.3 Å². The number of aromatic nitrogens is 1. The third-order valence-electron chi connectivity index (χ3n) is 2.66. The Balaban J connectivity index is 0.00000162. The summed E-state index contributed by atoms with van der Waals surface area (Å²) in [5.41, 5.74) is 6.43. The van der Waals surface area contributed by atoms with Gasteiger partial charge in [0.1, 0.15) is 0 Å². The average Bonchev–Trinajstić information content (AvgIpc) is 2.73. The van der Waals surface area contributed by atoms with Crippen LogP contribution < -0.4 is 5.73 Å². The van der Waals surface area contributed by atoms with Gasteiger partial charge < -0.3 is 15.8 Å². The van der Waals surface area contributed by atoms with Crippen LogP contribution in [0.3, 0.4) is 0 Å². The van der Waals surface area contributed by atoms with Crippen molar-refractivity contribution in [1.29, 1.82) is 0 Å². The molecule has 2 aromatic rings. The number of aliphatic hydroxyl groups is 1. The molecule has 0 saturated heterocycles. The van der Waals surface area contributed by atoms with Crippen LogP contribution in [-0.4, -0.2) is 22.4 Å². The number of benzene rings is 1. The highest BCUT2D eigenvalue weighted by Gasteiger charge is 2.43. The average molecular weight is 281 g/mol. The summed E-state index contributed by atoms with van der Waals surface area (Å²) < 4.78 is 37.1. The second-order valence-corrected chi connectivity index (χ2v) is 3.80. The molecule has 4 N–H and O–H groups in total. The molecule has 3 nitrogen and oxygen atoms in total. The van der Waals surface area contributed by atoms with Crippen molar-refractivity contribution in [2.24, 2.45) is 5.73 Å². The largest absolute Gasteiger partial charge is 0.416 e. The van der Waals surface area contributed by atoms with Gasteiger partial charge in [0.05, 0.1) is 6.04 Å². The minimum atomic E-state index is -4.72. The van der Waals surface area contributed by atoms with E-state index in [0.29, 0.717) is 10.9 Å². The van der Waals surface area contributed by atoms with E-state index in [1.165, 1.54) is 6.07 Å². The van der Waals surface area contributed by atoms with Crippen molar-refractivity contribution in [3.63, 3.8) is 0 Å². The maximum Gasteiger partial charge on any atom is 0.416 e. The van der Waals surface area contributed by atoms with Crippen LogP contribution in [-0.2, 0) is 0 Å². The second-order valence-electron chi connectivity index (χ2n) is 3.80. The Bertz CT molecular complexity index is 526. The third-order valence-corrected chi connectivity index (χ3v) is 2.66. The van der Waals surface area contributed by atoms with Crippen LogP contribution in [0.4, 0.5) is 13.2 Å². The van der Waals surface area contributed by atoms with Gasteiger partial charge in [0.15, 0.2) is 6.10 Å². The summed E-state index contributed by atoms with van der Waals surface area (Å²) in [5.74, 6) is 0. The zero-order valence-corrected chi connectivity index (χ0v) is 9.92. The molecule has 0 radical (unpaired) electrons. The second kappa shape index (κ2) is 5.17. The summed E-state index contributed by atoms with van der Waals surface area (Å²) in [6, 6.07) is 4.95. The van der Waals surface area contributed by atoms with Crippen molar-refractivity contribution in [3.05, 3.63) is 36.0 Å². The van der Waals surface area contributed by atoms with E-state index in [-0.39, 0.29) is 18.0 Å². The fourth-order valence-electron chi connectivity index (χ4n) is 1.77. The molecule has 0 unspecified atom stereocenters. The van der Waals surface area contributed by atoms with Crippen molar-refractivity contribution in [2.75, 3.05) is 0 Å². The number of halogens is 4. The number of rotatable bonds is 2. The van der Waals surface area contributed by atoms with E-state index in [0.717, 1.165) is 0 Å².